The van der Waals surface area contributed by atoms with Crippen molar-refractivity contribution < 1.29 is 14.3 Å². The SMILES string of the molecule is CCOC(=O)C(C)CN(C(=O)c1ccc(Cl)cc1)C1CC1. The van der Waals surface area contributed by atoms with Crippen LogP contribution in [0.3, 0.4) is 0 Å². The largest absolute Gasteiger partial charge is 0.466 e. The van der Waals surface area contributed by atoms with E-state index in [1.165, 1.54) is 0 Å². The maximum Gasteiger partial charge on any atom is 0.310 e. The zero-order valence-electron chi connectivity index (χ0n) is 12.3. The summed E-state index contributed by atoms with van der Waals surface area (Å²) >= 11 is 5.85. The number of carbonyl (C=O) groups is 2. The zero-order chi connectivity index (χ0) is 15.4. The molecule has 0 N–H and O–H groups in total. The molecular formula is C16H20ClNO3. The summed E-state index contributed by atoms with van der Waals surface area (Å²) in [5, 5.41) is 0.601. The van der Waals surface area contributed by atoms with Crippen molar-refractivity contribution in [3.05, 3.63) is 34.9 Å². The Kier molecular flexibility index (Phi) is 5.23. The third-order valence-electron chi connectivity index (χ3n) is 3.50. The molecule has 0 aliphatic heterocycles. The number of hydrogen-bond acceptors (Lipinski definition) is 3. The highest BCUT2D eigenvalue weighted by atomic mass is 35.5. The van der Waals surface area contributed by atoms with Crippen molar-refractivity contribution in [2.75, 3.05) is 13.2 Å². The van der Waals surface area contributed by atoms with Gasteiger partial charge in [-0.2, -0.15) is 0 Å². The van der Waals surface area contributed by atoms with Crippen molar-refractivity contribution in [2.45, 2.75) is 32.7 Å². The van der Waals surface area contributed by atoms with Gasteiger partial charge in [-0.05, 0) is 44.0 Å². The molecule has 21 heavy (non-hydrogen) atoms. The van der Waals surface area contributed by atoms with Gasteiger partial charge < -0.3 is 9.64 Å². The first-order valence-electron chi connectivity index (χ1n) is 7.26. The highest BCUT2D eigenvalue weighted by Gasteiger charge is 2.35. The molecule has 0 saturated heterocycles. The predicted octanol–water partition coefficient (Wildman–Crippen LogP) is 3.14. The first kappa shape index (κ1) is 15.8. The number of ether oxygens (including phenoxy) is 1. The molecule has 1 fully saturated rings. The molecule has 1 amide bonds. The van der Waals surface area contributed by atoms with Crippen molar-refractivity contribution in [3.63, 3.8) is 0 Å². The van der Waals surface area contributed by atoms with Gasteiger partial charge in [0.1, 0.15) is 0 Å². The molecule has 1 saturated carbocycles. The van der Waals surface area contributed by atoms with Gasteiger partial charge in [-0.3, -0.25) is 9.59 Å². The molecule has 0 bridgehead atoms. The van der Waals surface area contributed by atoms with Crippen LogP contribution in [0.15, 0.2) is 24.3 Å². The van der Waals surface area contributed by atoms with Crippen molar-refractivity contribution in [2.24, 2.45) is 5.92 Å². The van der Waals surface area contributed by atoms with E-state index in [2.05, 4.69) is 0 Å². The van der Waals surface area contributed by atoms with Gasteiger partial charge in [0.05, 0.1) is 12.5 Å². The maximum absolute atomic E-state index is 12.6. The lowest BCUT2D eigenvalue weighted by Gasteiger charge is -2.25. The van der Waals surface area contributed by atoms with Crippen LogP contribution in [0.25, 0.3) is 0 Å². The molecule has 0 heterocycles. The molecule has 2 rings (SSSR count). The summed E-state index contributed by atoms with van der Waals surface area (Å²) in [6.07, 6.45) is 1.99. The average Bonchev–Trinajstić information content (AvgIpc) is 3.29. The number of amides is 1. The van der Waals surface area contributed by atoms with E-state index >= 15 is 0 Å². The second-order valence-electron chi connectivity index (χ2n) is 5.35. The van der Waals surface area contributed by atoms with E-state index in [0.29, 0.717) is 23.7 Å². The summed E-state index contributed by atoms with van der Waals surface area (Å²) in [6.45, 7) is 4.33. The Morgan fingerprint density at radius 3 is 2.48 bits per heavy atom. The summed E-state index contributed by atoms with van der Waals surface area (Å²) in [4.78, 5) is 26.1. The van der Waals surface area contributed by atoms with E-state index < -0.39 is 0 Å². The molecular weight excluding hydrogens is 290 g/mol. The lowest BCUT2D eigenvalue weighted by atomic mass is 10.1. The van der Waals surface area contributed by atoms with Gasteiger partial charge in [0, 0.05) is 23.2 Å². The fourth-order valence-corrected chi connectivity index (χ4v) is 2.32. The lowest BCUT2D eigenvalue weighted by Crippen LogP contribution is -2.39. The Bertz CT molecular complexity index is 511. The molecule has 4 nitrogen and oxygen atoms in total. The summed E-state index contributed by atoms with van der Waals surface area (Å²) < 4.78 is 5.01. The van der Waals surface area contributed by atoms with E-state index in [1.54, 1.807) is 43.0 Å². The Morgan fingerprint density at radius 2 is 1.95 bits per heavy atom. The molecule has 1 atom stereocenters. The predicted molar refractivity (Wildman–Crippen MR) is 81.3 cm³/mol. The van der Waals surface area contributed by atoms with E-state index in [-0.39, 0.29) is 23.8 Å². The molecule has 1 aromatic carbocycles. The van der Waals surface area contributed by atoms with E-state index in [4.69, 9.17) is 16.3 Å². The van der Waals surface area contributed by atoms with Gasteiger partial charge in [-0.25, -0.2) is 0 Å². The van der Waals surface area contributed by atoms with Gasteiger partial charge in [-0.15, -0.1) is 0 Å². The van der Waals surface area contributed by atoms with Gasteiger partial charge >= 0.3 is 5.97 Å². The number of benzene rings is 1. The quantitative estimate of drug-likeness (QED) is 0.758. The zero-order valence-corrected chi connectivity index (χ0v) is 13.1. The highest BCUT2D eigenvalue weighted by molar-refractivity contribution is 6.30. The second kappa shape index (κ2) is 6.94. The van der Waals surface area contributed by atoms with Gasteiger partial charge in [0.15, 0.2) is 0 Å². The van der Waals surface area contributed by atoms with Crippen LogP contribution in [0.4, 0.5) is 0 Å². The Hall–Kier alpha value is -1.55. The monoisotopic (exact) mass is 309 g/mol. The van der Waals surface area contributed by atoms with Crippen LogP contribution < -0.4 is 0 Å². The minimum atomic E-state index is -0.318. The lowest BCUT2D eigenvalue weighted by molar-refractivity contribution is -0.147. The van der Waals surface area contributed by atoms with Crippen molar-refractivity contribution in [1.82, 2.24) is 4.90 Å². The van der Waals surface area contributed by atoms with Gasteiger partial charge in [0.2, 0.25) is 0 Å². The van der Waals surface area contributed by atoms with Crippen LogP contribution in [0, 0.1) is 5.92 Å². The van der Waals surface area contributed by atoms with Gasteiger partial charge in [-0.1, -0.05) is 18.5 Å². The third kappa shape index (κ3) is 4.21. The van der Waals surface area contributed by atoms with Crippen LogP contribution in [0.5, 0.6) is 0 Å². The smallest absolute Gasteiger partial charge is 0.310 e. The Balaban J connectivity index is 2.06. The molecule has 1 aliphatic rings. The number of hydrogen-bond donors (Lipinski definition) is 0. The number of nitrogens with zero attached hydrogens (tertiary/aromatic N) is 1. The van der Waals surface area contributed by atoms with Crippen molar-refractivity contribution in [1.29, 1.82) is 0 Å². The number of carbonyl (C=O) groups excluding carboxylic acids is 2. The third-order valence-corrected chi connectivity index (χ3v) is 3.75. The molecule has 1 unspecified atom stereocenters. The minimum absolute atomic E-state index is 0.0506. The molecule has 0 spiro atoms. The molecule has 1 aliphatic carbocycles. The first-order valence-corrected chi connectivity index (χ1v) is 7.64. The Morgan fingerprint density at radius 1 is 1.33 bits per heavy atom. The number of esters is 1. The van der Waals surface area contributed by atoms with E-state index in [0.717, 1.165) is 12.8 Å². The highest BCUT2D eigenvalue weighted by Crippen LogP contribution is 2.29. The fourth-order valence-electron chi connectivity index (χ4n) is 2.20. The second-order valence-corrected chi connectivity index (χ2v) is 5.79. The van der Waals surface area contributed by atoms with Crippen LogP contribution in [-0.2, 0) is 9.53 Å². The minimum Gasteiger partial charge on any atom is -0.466 e. The molecule has 5 heteroatoms. The van der Waals surface area contributed by atoms with Crippen molar-refractivity contribution >= 4 is 23.5 Å². The Labute approximate surface area is 130 Å². The van der Waals surface area contributed by atoms with Crippen LogP contribution in [0.1, 0.15) is 37.0 Å². The molecule has 0 radical (unpaired) electrons. The number of halogens is 1. The molecule has 0 aromatic heterocycles. The summed E-state index contributed by atoms with van der Waals surface area (Å²) in [7, 11) is 0. The van der Waals surface area contributed by atoms with Crippen LogP contribution in [0.2, 0.25) is 5.02 Å². The molecule has 1 aromatic rings. The first-order chi connectivity index (χ1) is 10.0. The number of rotatable bonds is 6. The van der Waals surface area contributed by atoms with Crippen molar-refractivity contribution in [3.8, 4) is 0 Å². The van der Waals surface area contributed by atoms with Crippen LogP contribution >= 0.6 is 11.6 Å². The standard InChI is InChI=1S/C16H20ClNO3/c1-3-21-16(20)11(2)10-18(14-8-9-14)15(19)12-4-6-13(17)7-5-12/h4-7,11,14H,3,8-10H2,1-2H3. The van der Waals surface area contributed by atoms with E-state index in [9.17, 15) is 9.59 Å². The van der Waals surface area contributed by atoms with E-state index in [1.807, 2.05) is 0 Å². The molecule has 114 valence electrons. The average molecular weight is 310 g/mol. The summed E-state index contributed by atoms with van der Waals surface area (Å²) in [5.41, 5.74) is 0.599. The maximum atomic E-state index is 12.6. The normalized spacial score (nSPS) is 15.4. The topological polar surface area (TPSA) is 46.6 Å². The summed E-state index contributed by atoms with van der Waals surface area (Å²) in [5.74, 6) is -0.626. The summed E-state index contributed by atoms with van der Waals surface area (Å²) in [6, 6.07) is 7.08. The van der Waals surface area contributed by atoms with Crippen LogP contribution in [-0.4, -0.2) is 36.0 Å². The fraction of sp³-hybridized carbons (Fsp3) is 0.500. The van der Waals surface area contributed by atoms with Gasteiger partial charge in [0.25, 0.3) is 5.91 Å².